The van der Waals surface area contributed by atoms with Gasteiger partial charge in [0, 0.05) is 13.5 Å². The molecule has 4 heteroatoms. The van der Waals surface area contributed by atoms with E-state index in [1.165, 1.54) is 11.3 Å². The minimum absolute atomic E-state index is 0.0492. The van der Waals surface area contributed by atoms with Crippen molar-refractivity contribution in [1.82, 2.24) is 0 Å². The summed E-state index contributed by atoms with van der Waals surface area (Å²) in [6.07, 6.45) is 0.118. The van der Waals surface area contributed by atoms with Crippen molar-refractivity contribution in [3.63, 3.8) is 0 Å². The first-order chi connectivity index (χ1) is 6.15. The lowest BCUT2D eigenvalue weighted by Crippen LogP contribution is -2.10. The molecule has 2 atom stereocenters. The van der Waals surface area contributed by atoms with Crippen LogP contribution in [0, 0.1) is 0 Å². The summed E-state index contributed by atoms with van der Waals surface area (Å²) in [5.74, 6) is 0. The Morgan fingerprint density at radius 1 is 1.69 bits per heavy atom. The topological polar surface area (TPSA) is 29.5 Å². The van der Waals surface area contributed by atoms with Gasteiger partial charge < -0.3 is 9.84 Å². The lowest BCUT2D eigenvalue weighted by atomic mass is 10.1. The van der Waals surface area contributed by atoms with Gasteiger partial charge in [0.25, 0.3) is 0 Å². The Kier molecular flexibility index (Phi) is 4.19. The van der Waals surface area contributed by atoms with E-state index in [4.69, 9.17) is 16.3 Å². The monoisotopic (exact) mass is 220 g/mol. The van der Waals surface area contributed by atoms with Crippen LogP contribution in [-0.4, -0.2) is 18.3 Å². The highest BCUT2D eigenvalue weighted by atomic mass is 35.5. The minimum atomic E-state index is -0.512. The van der Waals surface area contributed by atoms with Crippen LogP contribution in [-0.2, 0) is 4.74 Å². The third kappa shape index (κ3) is 2.95. The molecule has 0 saturated carbocycles. The number of halogens is 1. The third-order valence-electron chi connectivity index (χ3n) is 1.90. The van der Waals surface area contributed by atoms with Crippen LogP contribution in [0.3, 0.4) is 0 Å². The second-order valence-electron chi connectivity index (χ2n) is 2.93. The Hall–Kier alpha value is -0.0900. The van der Waals surface area contributed by atoms with Gasteiger partial charge in [0.05, 0.1) is 22.1 Å². The first-order valence-electron chi connectivity index (χ1n) is 4.09. The molecule has 1 N–H and O–H groups in total. The van der Waals surface area contributed by atoms with Gasteiger partial charge in [-0.1, -0.05) is 11.6 Å². The van der Waals surface area contributed by atoms with Crippen LogP contribution >= 0.6 is 22.9 Å². The van der Waals surface area contributed by atoms with E-state index >= 15 is 0 Å². The SMILES string of the molecule is COC(C)CC(O)c1sccc1Cl. The number of aliphatic hydroxyl groups is 1. The summed E-state index contributed by atoms with van der Waals surface area (Å²) >= 11 is 7.34. The second-order valence-corrected chi connectivity index (χ2v) is 4.29. The number of aliphatic hydroxyl groups excluding tert-OH is 1. The van der Waals surface area contributed by atoms with E-state index in [1.807, 2.05) is 12.3 Å². The molecule has 1 rings (SSSR count). The Morgan fingerprint density at radius 3 is 2.85 bits per heavy atom. The molecular weight excluding hydrogens is 208 g/mol. The fourth-order valence-electron chi connectivity index (χ4n) is 1.06. The van der Waals surface area contributed by atoms with Gasteiger partial charge in [-0.15, -0.1) is 11.3 Å². The maximum atomic E-state index is 9.74. The molecule has 0 amide bonds. The first kappa shape index (κ1) is 11.0. The standard InChI is InChI=1S/C9H13ClO2S/c1-6(12-2)5-8(11)9-7(10)3-4-13-9/h3-4,6,8,11H,5H2,1-2H3. The molecule has 0 fully saturated rings. The average Bonchev–Trinajstić information content (AvgIpc) is 2.51. The molecule has 1 heterocycles. The first-order valence-corrected chi connectivity index (χ1v) is 5.34. The third-order valence-corrected chi connectivity index (χ3v) is 3.36. The molecule has 0 bridgehead atoms. The normalized spacial score (nSPS) is 15.7. The van der Waals surface area contributed by atoms with Crippen LogP contribution in [0.4, 0.5) is 0 Å². The maximum Gasteiger partial charge on any atom is 0.0921 e. The molecule has 2 nitrogen and oxygen atoms in total. The Labute approximate surface area is 87.1 Å². The molecular formula is C9H13ClO2S. The van der Waals surface area contributed by atoms with Crippen molar-refractivity contribution in [2.75, 3.05) is 7.11 Å². The Morgan fingerprint density at radius 2 is 2.38 bits per heavy atom. The summed E-state index contributed by atoms with van der Waals surface area (Å²) in [5, 5.41) is 12.3. The van der Waals surface area contributed by atoms with Gasteiger partial charge in [-0.3, -0.25) is 0 Å². The van der Waals surface area contributed by atoms with Crippen LogP contribution < -0.4 is 0 Å². The van der Waals surface area contributed by atoms with Crippen molar-refractivity contribution in [1.29, 1.82) is 0 Å². The number of hydrogen-bond donors (Lipinski definition) is 1. The van der Waals surface area contributed by atoms with Gasteiger partial charge >= 0.3 is 0 Å². The van der Waals surface area contributed by atoms with Crippen LogP contribution in [0.15, 0.2) is 11.4 Å². The predicted molar refractivity (Wildman–Crippen MR) is 55.4 cm³/mol. The van der Waals surface area contributed by atoms with E-state index in [1.54, 1.807) is 13.2 Å². The van der Waals surface area contributed by atoms with E-state index in [0.717, 1.165) is 4.88 Å². The van der Waals surface area contributed by atoms with E-state index in [0.29, 0.717) is 11.4 Å². The van der Waals surface area contributed by atoms with Crippen LogP contribution in [0.25, 0.3) is 0 Å². The molecule has 0 radical (unpaired) electrons. The van der Waals surface area contributed by atoms with Gasteiger partial charge in [0.2, 0.25) is 0 Å². The molecule has 74 valence electrons. The number of thiophene rings is 1. The van der Waals surface area contributed by atoms with Crippen molar-refractivity contribution in [2.45, 2.75) is 25.6 Å². The molecule has 0 aliphatic carbocycles. The highest BCUT2D eigenvalue weighted by Gasteiger charge is 2.15. The molecule has 0 aromatic carbocycles. The van der Waals surface area contributed by atoms with Gasteiger partial charge in [-0.05, 0) is 18.4 Å². The second kappa shape index (κ2) is 4.96. The minimum Gasteiger partial charge on any atom is -0.387 e. The number of ether oxygens (including phenoxy) is 1. The fourth-order valence-corrected chi connectivity index (χ4v) is 2.24. The zero-order valence-electron chi connectivity index (χ0n) is 7.66. The largest absolute Gasteiger partial charge is 0.387 e. The number of hydrogen-bond acceptors (Lipinski definition) is 3. The smallest absolute Gasteiger partial charge is 0.0921 e. The summed E-state index contributed by atoms with van der Waals surface area (Å²) in [5.41, 5.74) is 0. The number of rotatable bonds is 4. The summed E-state index contributed by atoms with van der Waals surface area (Å²) in [6, 6.07) is 1.79. The van der Waals surface area contributed by atoms with Crippen LogP contribution in [0.5, 0.6) is 0 Å². The van der Waals surface area contributed by atoms with Crippen molar-refractivity contribution in [2.24, 2.45) is 0 Å². The van der Waals surface area contributed by atoms with Crippen molar-refractivity contribution >= 4 is 22.9 Å². The van der Waals surface area contributed by atoms with E-state index in [2.05, 4.69) is 0 Å². The summed E-state index contributed by atoms with van der Waals surface area (Å²) < 4.78 is 5.06. The van der Waals surface area contributed by atoms with E-state index in [9.17, 15) is 5.11 Å². The number of methoxy groups -OCH3 is 1. The quantitative estimate of drug-likeness (QED) is 0.846. The maximum absolute atomic E-state index is 9.74. The molecule has 0 saturated heterocycles. The molecule has 13 heavy (non-hydrogen) atoms. The van der Waals surface area contributed by atoms with Crippen molar-refractivity contribution < 1.29 is 9.84 Å². The summed E-state index contributed by atoms with van der Waals surface area (Å²) in [4.78, 5) is 0.825. The fraction of sp³-hybridized carbons (Fsp3) is 0.556. The van der Waals surface area contributed by atoms with Gasteiger partial charge in [0.15, 0.2) is 0 Å². The van der Waals surface area contributed by atoms with E-state index < -0.39 is 6.10 Å². The highest BCUT2D eigenvalue weighted by molar-refractivity contribution is 7.10. The van der Waals surface area contributed by atoms with Crippen molar-refractivity contribution in [3.05, 3.63) is 21.3 Å². The van der Waals surface area contributed by atoms with Crippen molar-refractivity contribution in [3.8, 4) is 0 Å². The van der Waals surface area contributed by atoms with Crippen LogP contribution in [0.1, 0.15) is 24.3 Å². The lowest BCUT2D eigenvalue weighted by molar-refractivity contribution is 0.0574. The van der Waals surface area contributed by atoms with Crippen LogP contribution in [0.2, 0.25) is 5.02 Å². The molecule has 0 spiro atoms. The average molecular weight is 221 g/mol. The molecule has 0 aliphatic rings. The molecule has 0 aliphatic heterocycles. The molecule has 2 unspecified atom stereocenters. The predicted octanol–water partition coefficient (Wildman–Crippen LogP) is 2.86. The summed E-state index contributed by atoms with van der Waals surface area (Å²) in [6.45, 7) is 1.92. The molecule has 1 aromatic rings. The van der Waals surface area contributed by atoms with E-state index in [-0.39, 0.29) is 6.10 Å². The summed E-state index contributed by atoms with van der Waals surface area (Å²) in [7, 11) is 1.63. The Balaban J connectivity index is 2.58. The highest BCUT2D eigenvalue weighted by Crippen LogP contribution is 2.31. The van der Waals surface area contributed by atoms with Gasteiger partial charge in [-0.2, -0.15) is 0 Å². The zero-order chi connectivity index (χ0) is 9.84. The zero-order valence-corrected chi connectivity index (χ0v) is 9.23. The molecule has 1 aromatic heterocycles. The van der Waals surface area contributed by atoms with Gasteiger partial charge in [0.1, 0.15) is 0 Å². The Bertz CT molecular complexity index is 262. The van der Waals surface area contributed by atoms with Gasteiger partial charge in [-0.25, -0.2) is 0 Å². The lowest BCUT2D eigenvalue weighted by Gasteiger charge is -2.14.